The molecule has 1 saturated heterocycles. The lowest BCUT2D eigenvalue weighted by atomic mass is 10.1. The average molecular weight is 232 g/mol. The van der Waals surface area contributed by atoms with Crippen LogP contribution in [0.15, 0.2) is 24.3 Å². The minimum atomic E-state index is 0.0322. The van der Waals surface area contributed by atoms with Gasteiger partial charge in [0.2, 0.25) is 5.91 Å². The van der Waals surface area contributed by atoms with Gasteiger partial charge in [-0.25, -0.2) is 0 Å². The van der Waals surface area contributed by atoms with Crippen LogP contribution < -0.4 is 5.32 Å². The fourth-order valence-electron chi connectivity index (χ4n) is 2.32. The molecule has 2 rings (SSSR count). The van der Waals surface area contributed by atoms with E-state index in [1.54, 1.807) is 0 Å². The summed E-state index contributed by atoms with van der Waals surface area (Å²) in [5.41, 5.74) is 2.43. The highest BCUT2D eigenvalue weighted by Crippen LogP contribution is 2.11. The molecule has 3 heteroatoms. The third-order valence-corrected chi connectivity index (χ3v) is 3.24. The second-order valence-corrected chi connectivity index (χ2v) is 4.83. The van der Waals surface area contributed by atoms with Gasteiger partial charge in [0.15, 0.2) is 0 Å². The first-order valence-corrected chi connectivity index (χ1v) is 6.21. The van der Waals surface area contributed by atoms with Crippen LogP contribution >= 0.6 is 0 Å². The Morgan fingerprint density at radius 3 is 3.00 bits per heavy atom. The van der Waals surface area contributed by atoms with E-state index >= 15 is 0 Å². The maximum absolute atomic E-state index is 12.1. The van der Waals surface area contributed by atoms with Gasteiger partial charge in [0.1, 0.15) is 0 Å². The predicted molar refractivity (Wildman–Crippen MR) is 68.7 cm³/mol. The van der Waals surface area contributed by atoms with Crippen molar-refractivity contribution in [3.8, 4) is 0 Å². The van der Waals surface area contributed by atoms with Gasteiger partial charge in [-0.3, -0.25) is 4.79 Å². The Hall–Kier alpha value is -1.35. The molecular formula is C14H20N2O. The number of hydrogen-bond acceptors (Lipinski definition) is 2. The second-order valence-electron chi connectivity index (χ2n) is 4.83. The van der Waals surface area contributed by atoms with Crippen LogP contribution in [0.2, 0.25) is 0 Å². The molecular weight excluding hydrogens is 212 g/mol. The van der Waals surface area contributed by atoms with Crippen LogP contribution in [0.25, 0.3) is 0 Å². The van der Waals surface area contributed by atoms with Crippen molar-refractivity contribution in [1.82, 2.24) is 10.2 Å². The van der Waals surface area contributed by atoms with Crippen LogP contribution in [-0.2, 0) is 11.3 Å². The molecule has 1 atom stereocenters. The van der Waals surface area contributed by atoms with Crippen molar-refractivity contribution < 1.29 is 4.79 Å². The second kappa shape index (κ2) is 5.32. The molecule has 1 amide bonds. The number of nitrogens with zero attached hydrogens (tertiary/aromatic N) is 1. The molecule has 0 saturated carbocycles. The van der Waals surface area contributed by atoms with Crippen LogP contribution in [0.5, 0.6) is 0 Å². The minimum Gasteiger partial charge on any atom is -0.340 e. The van der Waals surface area contributed by atoms with E-state index in [0.29, 0.717) is 6.54 Å². The van der Waals surface area contributed by atoms with Crippen molar-refractivity contribution >= 4 is 5.91 Å². The standard InChI is InChI=1S/C14H20N2O/c1-11-5-3-6-12(9-11)10-16(2)14(17)13-7-4-8-15-13/h3,5-6,9,13,15H,4,7-8,10H2,1-2H3/t13-/m1/s1. The van der Waals surface area contributed by atoms with Gasteiger partial charge in [0, 0.05) is 13.6 Å². The molecule has 1 aromatic carbocycles. The van der Waals surface area contributed by atoms with Crippen molar-refractivity contribution in [2.45, 2.75) is 32.4 Å². The van der Waals surface area contributed by atoms with E-state index < -0.39 is 0 Å². The van der Waals surface area contributed by atoms with E-state index in [1.807, 2.05) is 18.0 Å². The summed E-state index contributed by atoms with van der Waals surface area (Å²) in [6.45, 7) is 3.73. The van der Waals surface area contributed by atoms with Gasteiger partial charge in [-0.1, -0.05) is 29.8 Å². The molecule has 0 unspecified atom stereocenters. The topological polar surface area (TPSA) is 32.3 Å². The maximum Gasteiger partial charge on any atom is 0.239 e. The van der Waals surface area contributed by atoms with Gasteiger partial charge in [-0.2, -0.15) is 0 Å². The third-order valence-electron chi connectivity index (χ3n) is 3.24. The largest absolute Gasteiger partial charge is 0.340 e. The number of hydrogen-bond donors (Lipinski definition) is 1. The van der Waals surface area contributed by atoms with Crippen molar-refractivity contribution in [3.05, 3.63) is 35.4 Å². The number of benzene rings is 1. The van der Waals surface area contributed by atoms with Gasteiger partial charge < -0.3 is 10.2 Å². The summed E-state index contributed by atoms with van der Waals surface area (Å²) < 4.78 is 0. The number of likely N-dealkylation sites (N-methyl/N-ethyl adjacent to an activating group) is 1. The number of nitrogens with one attached hydrogen (secondary N) is 1. The molecule has 92 valence electrons. The van der Waals surface area contributed by atoms with E-state index in [-0.39, 0.29) is 11.9 Å². The lowest BCUT2D eigenvalue weighted by Crippen LogP contribution is -2.41. The Morgan fingerprint density at radius 2 is 2.35 bits per heavy atom. The molecule has 0 aromatic heterocycles. The van der Waals surface area contributed by atoms with Crippen LogP contribution in [0.4, 0.5) is 0 Å². The van der Waals surface area contributed by atoms with Gasteiger partial charge in [0.25, 0.3) is 0 Å². The monoisotopic (exact) mass is 232 g/mol. The molecule has 1 fully saturated rings. The zero-order chi connectivity index (χ0) is 12.3. The first-order valence-electron chi connectivity index (χ1n) is 6.21. The Balaban J connectivity index is 1.96. The first kappa shape index (κ1) is 12.1. The molecule has 0 spiro atoms. The van der Waals surface area contributed by atoms with E-state index in [9.17, 15) is 4.79 Å². The lowest BCUT2D eigenvalue weighted by molar-refractivity contribution is -0.132. The summed E-state index contributed by atoms with van der Waals surface area (Å²) in [6.07, 6.45) is 2.08. The van der Waals surface area contributed by atoms with E-state index in [4.69, 9.17) is 0 Å². The van der Waals surface area contributed by atoms with Crippen molar-refractivity contribution in [2.75, 3.05) is 13.6 Å². The molecule has 1 aromatic rings. The highest BCUT2D eigenvalue weighted by molar-refractivity contribution is 5.81. The zero-order valence-electron chi connectivity index (χ0n) is 10.6. The zero-order valence-corrected chi connectivity index (χ0v) is 10.6. The molecule has 1 aliphatic heterocycles. The Bertz CT molecular complexity index is 397. The summed E-state index contributed by atoms with van der Waals surface area (Å²) in [6, 6.07) is 8.34. The maximum atomic E-state index is 12.1. The Kier molecular flexibility index (Phi) is 3.79. The highest BCUT2D eigenvalue weighted by atomic mass is 16.2. The Labute approximate surface area is 103 Å². The number of amides is 1. The number of carbonyl (C=O) groups excluding carboxylic acids is 1. The van der Waals surface area contributed by atoms with E-state index in [2.05, 4.69) is 30.4 Å². The summed E-state index contributed by atoms with van der Waals surface area (Å²) in [7, 11) is 1.88. The van der Waals surface area contributed by atoms with Crippen molar-refractivity contribution in [2.24, 2.45) is 0 Å². The van der Waals surface area contributed by atoms with Crippen LogP contribution in [-0.4, -0.2) is 30.4 Å². The smallest absolute Gasteiger partial charge is 0.239 e. The molecule has 0 bridgehead atoms. The molecule has 1 aliphatic rings. The molecule has 17 heavy (non-hydrogen) atoms. The quantitative estimate of drug-likeness (QED) is 0.860. The molecule has 3 nitrogen and oxygen atoms in total. The van der Waals surface area contributed by atoms with Crippen LogP contribution in [0, 0.1) is 6.92 Å². The molecule has 0 aliphatic carbocycles. The SMILES string of the molecule is Cc1cccc(CN(C)C(=O)[C@H]2CCCN2)c1. The van der Waals surface area contributed by atoms with Gasteiger partial charge in [-0.05, 0) is 31.9 Å². The van der Waals surface area contributed by atoms with Crippen molar-refractivity contribution in [1.29, 1.82) is 0 Å². The first-order chi connectivity index (χ1) is 8.16. The van der Waals surface area contributed by atoms with Gasteiger partial charge in [0.05, 0.1) is 6.04 Å². The van der Waals surface area contributed by atoms with Crippen LogP contribution in [0.1, 0.15) is 24.0 Å². The number of aryl methyl sites for hydroxylation is 1. The Morgan fingerprint density at radius 1 is 1.53 bits per heavy atom. The summed E-state index contributed by atoms with van der Waals surface area (Å²) in [5.74, 6) is 0.212. The van der Waals surface area contributed by atoms with Gasteiger partial charge in [-0.15, -0.1) is 0 Å². The number of carbonyl (C=O) groups is 1. The molecule has 1 N–H and O–H groups in total. The van der Waals surface area contributed by atoms with Gasteiger partial charge >= 0.3 is 0 Å². The minimum absolute atomic E-state index is 0.0322. The summed E-state index contributed by atoms with van der Waals surface area (Å²) >= 11 is 0. The molecule has 0 radical (unpaired) electrons. The third kappa shape index (κ3) is 3.07. The van der Waals surface area contributed by atoms with E-state index in [0.717, 1.165) is 19.4 Å². The molecule has 1 heterocycles. The highest BCUT2D eigenvalue weighted by Gasteiger charge is 2.24. The van der Waals surface area contributed by atoms with E-state index in [1.165, 1.54) is 11.1 Å². The van der Waals surface area contributed by atoms with Crippen LogP contribution in [0.3, 0.4) is 0 Å². The average Bonchev–Trinajstić information content (AvgIpc) is 2.81. The fraction of sp³-hybridized carbons (Fsp3) is 0.500. The number of rotatable bonds is 3. The summed E-state index contributed by atoms with van der Waals surface area (Å²) in [5, 5.41) is 3.24. The normalized spacial score (nSPS) is 19.3. The lowest BCUT2D eigenvalue weighted by Gasteiger charge is -2.21. The fourth-order valence-corrected chi connectivity index (χ4v) is 2.32. The van der Waals surface area contributed by atoms with Crippen molar-refractivity contribution in [3.63, 3.8) is 0 Å². The summed E-state index contributed by atoms with van der Waals surface area (Å²) in [4.78, 5) is 13.9. The predicted octanol–water partition coefficient (Wildman–Crippen LogP) is 1.71.